The number of benzene rings is 3. The molecule has 0 N–H and O–H groups in total. The summed E-state index contributed by atoms with van der Waals surface area (Å²) in [6.07, 6.45) is 0. The van der Waals surface area contributed by atoms with Crippen molar-refractivity contribution in [2.24, 2.45) is 0 Å². The third-order valence-corrected chi connectivity index (χ3v) is 5.12. The maximum Gasteiger partial charge on any atom is 0.361 e. The summed E-state index contributed by atoms with van der Waals surface area (Å²) in [5, 5.41) is 8.97. The van der Waals surface area contributed by atoms with Crippen molar-refractivity contribution in [3.8, 4) is 28.5 Å². The van der Waals surface area contributed by atoms with Crippen molar-refractivity contribution >= 4 is 17.6 Å². The van der Waals surface area contributed by atoms with E-state index < -0.39 is 5.97 Å². The molecule has 33 heavy (non-hydrogen) atoms. The lowest BCUT2D eigenvalue weighted by molar-refractivity contribution is 0.0520. The highest BCUT2D eigenvalue weighted by Gasteiger charge is 2.22. The van der Waals surface area contributed by atoms with Gasteiger partial charge < -0.3 is 14.2 Å². The standard InChI is InChI=1S/C25H22ClN3O4/c1-3-32-25(30)23-24(29(28-27-23)16-17-4-10-20(31-2)11-5-17)18-6-12-21(13-7-18)33-22-14-8-19(26)9-15-22/h4-15H,3,16H2,1-2H3. The van der Waals surface area contributed by atoms with E-state index in [0.717, 1.165) is 16.9 Å². The van der Waals surface area contributed by atoms with Gasteiger partial charge in [0, 0.05) is 10.6 Å². The van der Waals surface area contributed by atoms with Crippen LogP contribution < -0.4 is 9.47 Å². The Labute approximate surface area is 196 Å². The average molecular weight is 464 g/mol. The Morgan fingerprint density at radius 2 is 1.52 bits per heavy atom. The number of carbonyl (C=O) groups is 1. The molecular formula is C25H22ClN3O4. The Morgan fingerprint density at radius 1 is 0.909 bits per heavy atom. The van der Waals surface area contributed by atoms with E-state index in [1.807, 2.05) is 48.5 Å². The molecule has 1 heterocycles. The summed E-state index contributed by atoms with van der Waals surface area (Å²) < 4.78 is 18.0. The summed E-state index contributed by atoms with van der Waals surface area (Å²) in [5.41, 5.74) is 2.49. The molecule has 8 heteroatoms. The second kappa shape index (κ2) is 10.2. The minimum atomic E-state index is -0.519. The molecule has 0 spiro atoms. The maximum absolute atomic E-state index is 12.5. The normalized spacial score (nSPS) is 10.6. The van der Waals surface area contributed by atoms with E-state index in [2.05, 4.69) is 10.3 Å². The van der Waals surface area contributed by atoms with Crippen molar-refractivity contribution in [3.63, 3.8) is 0 Å². The first-order chi connectivity index (χ1) is 16.1. The fraction of sp³-hybridized carbons (Fsp3) is 0.160. The van der Waals surface area contributed by atoms with Gasteiger partial charge in [0.05, 0.1) is 20.3 Å². The number of halogens is 1. The smallest absolute Gasteiger partial charge is 0.361 e. The zero-order chi connectivity index (χ0) is 23.2. The predicted octanol–water partition coefficient (Wildman–Crippen LogP) is 5.62. The highest BCUT2D eigenvalue weighted by molar-refractivity contribution is 6.30. The molecule has 0 aliphatic carbocycles. The number of nitrogens with zero attached hydrogens (tertiary/aromatic N) is 3. The molecule has 0 atom stereocenters. The molecule has 0 bridgehead atoms. The highest BCUT2D eigenvalue weighted by Crippen LogP contribution is 2.29. The monoisotopic (exact) mass is 463 g/mol. The molecule has 168 valence electrons. The Hall–Kier alpha value is -3.84. The summed E-state index contributed by atoms with van der Waals surface area (Å²) in [4.78, 5) is 12.5. The lowest BCUT2D eigenvalue weighted by Gasteiger charge is -2.10. The van der Waals surface area contributed by atoms with Crippen LogP contribution >= 0.6 is 11.6 Å². The number of ether oxygens (including phenoxy) is 3. The second-order valence-corrected chi connectivity index (χ2v) is 7.53. The van der Waals surface area contributed by atoms with E-state index in [9.17, 15) is 4.79 Å². The maximum atomic E-state index is 12.5. The fourth-order valence-electron chi connectivity index (χ4n) is 3.27. The van der Waals surface area contributed by atoms with Gasteiger partial charge in [-0.3, -0.25) is 0 Å². The van der Waals surface area contributed by atoms with E-state index in [4.69, 9.17) is 25.8 Å². The van der Waals surface area contributed by atoms with Gasteiger partial charge in [-0.2, -0.15) is 0 Å². The van der Waals surface area contributed by atoms with Crippen molar-refractivity contribution in [1.29, 1.82) is 0 Å². The minimum absolute atomic E-state index is 0.164. The van der Waals surface area contributed by atoms with Crippen molar-refractivity contribution in [2.75, 3.05) is 13.7 Å². The van der Waals surface area contributed by atoms with E-state index >= 15 is 0 Å². The SMILES string of the molecule is CCOC(=O)c1nnn(Cc2ccc(OC)cc2)c1-c1ccc(Oc2ccc(Cl)cc2)cc1. The van der Waals surface area contributed by atoms with Crippen LogP contribution in [0.25, 0.3) is 11.3 Å². The molecule has 4 aromatic rings. The number of carbonyl (C=O) groups excluding carboxylic acids is 1. The lowest BCUT2D eigenvalue weighted by atomic mass is 10.1. The molecule has 7 nitrogen and oxygen atoms in total. The first kappa shape index (κ1) is 22.4. The average Bonchev–Trinajstić information content (AvgIpc) is 3.25. The third-order valence-electron chi connectivity index (χ3n) is 4.87. The van der Waals surface area contributed by atoms with Crippen LogP contribution in [0, 0.1) is 0 Å². The minimum Gasteiger partial charge on any atom is -0.497 e. The molecule has 0 fully saturated rings. The molecule has 0 aliphatic heterocycles. The van der Waals surface area contributed by atoms with Gasteiger partial charge in [-0.1, -0.05) is 28.9 Å². The van der Waals surface area contributed by atoms with Crippen LogP contribution in [0.15, 0.2) is 72.8 Å². The highest BCUT2D eigenvalue weighted by atomic mass is 35.5. The topological polar surface area (TPSA) is 75.5 Å². The van der Waals surface area contributed by atoms with Crippen LogP contribution in [-0.4, -0.2) is 34.7 Å². The summed E-state index contributed by atoms with van der Waals surface area (Å²) >= 11 is 5.93. The van der Waals surface area contributed by atoms with Crippen molar-refractivity contribution in [1.82, 2.24) is 15.0 Å². The first-order valence-corrected chi connectivity index (χ1v) is 10.7. The first-order valence-electron chi connectivity index (χ1n) is 10.3. The van der Waals surface area contributed by atoms with Crippen LogP contribution in [0.3, 0.4) is 0 Å². The van der Waals surface area contributed by atoms with E-state index in [1.165, 1.54) is 0 Å². The van der Waals surface area contributed by atoms with Crippen LogP contribution in [0.1, 0.15) is 23.0 Å². The Balaban J connectivity index is 1.64. The van der Waals surface area contributed by atoms with E-state index in [-0.39, 0.29) is 12.3 Å². The van der Waals surface area contributed by atoms with Crippen LogP contribution in [-0.2, 0) is 11.3 Å². The summed E-state index contributed by atoms with van der Waals surface area (Å²) in [6, 6.07) is 22.1. The van der Waals surface area contributed by atoms with E-state index in [0.29, 0.717) is 28.8 Å². The van der Waals surface area contributed by atoms with Gasteiger partial charge in [-0.25, -0.2) is 9.48 Å². The van der Waals surface area contributed by atoms with Crippen molar-refractivity contribution in [3.05, 3.63) is 89.1 Å². The number of hydrogen-bond donors (Lipinski definition) is 0. The quantitative estimate of drug-likeness (QED) is 0.315. The Bertz CT molecular complexity index is 1220. The van der Waals surface area contributed by atoms with Crippen molar-refractivity contribution in [2.45, 2.75) is 13.5 Å². The molecule has 0 saturated heterocycles. The van der Waals surface area contributed by atoms with Gasteiger partial charge in [0.1, 0.15) is 22.9 Å². The molecule has 0 saturated carbocycles. The van der Waals surface area contributed by atoms with E-state index in [1.54, 1.807) is 43.0 Å². The number of esters is 1. The lowest BCUT2D eigenvalue weighted by Crippen LogP contribution is -2.09. The number of aromatic nitrogens is 3. The molecule has 0 aliphatic rings. The van der Waals surface area contributed by atoms with Crippen LogP contribution in [0.2, 0.25) is 5.02 Å². The summed E-state index contributed by atoms with van der Waals surface area (Å²) in [6.45, 7) is 2.43. The molecular weight excluding hydrogens is 442 g/mol. The van der Waals surface area contributed by atoms with Gasteiger partial charge >= 0.3 is 5.97 Å². The van der Waals surface area contributed by atoms with Crippen LogP contribution in [0.5, 0.6) is 17.2 Å². The molecule has 0 radical (unpaired) electrons. The Kier molecular flexibility index (Phi) is 6.90. The zero-order valence-corrected chi connectivity index (χ0v) is 19.0. The largest absolute Gasteiger partial charge is 0.497 e. The number of hydrogen-bond acceptors (Lipinski definition) is 6. The van der Waals surface area contributed by atoms with Gasteiger partial charge in [0.25, 0.3) is 0 Å². The molecule has 4 rings (SSSR count). The van der Waals surface area contributed by atoms with Crippen molar-refractivity contribution < 1.29 is 19.0 Å². The number of methoxy groups -OCH3 is 1. The molecule has 0 unspecified atom stereocenters. The van der Waals surface area contributed by atoms with Gasteiger partial charge in [-0.05, 0) is 73.2 Å². The molecule has 0 amide bonds. The molecule has 1 aromatic heterocycles. The number of rotatable bonds is 8. The van der Waals surface area contributed by atoms with Gasteiger partial charge in [0.2, 0.25) is 0 Å². The van der Waals surface area contributed by atoms with Gasteiger partial charge in [0.15, 0.2) is 5.69 Å². The van der Waals surface area contributed by atoms with Gasteiger partial charge in [-0.15, -0.1) is 5.10 Å². The summed E-state index contributed by atoms with van der Waals surface area (Å²) in [7, 11) is 1.62. The molecule has 3 aromatic carbocycles. The second-order valence-electron chi connectivity index (χ2n) is 7.09. The zero-order valence-electron chi connectivity index (χ0n) is 18.2. The third kappa shape index (κ3) is 5.32. The summed E-state index contributed by atoms with van der Waals surface area (Å²) in [5.74, 6) is 1.56. The Morgan fingerprint density at radius 3 is 2.12 bits per heavy atom. The van der Waals surface area contributed by atoms with Crippen LogP contribution in [0.4, 0.5) is 0 Å². The predicted molar refractivity (Wildman–Crippen MR) is 125 cm³/mol. The fourth-order valence-corrected chi connectivity index (χ4v) is 3.40.